The van der Waals surface area contributed by atoms with Gasteiger partial charge in [-0.2, -0.15) is 0 Å². The van der Waals surface area contributed by atoms with Crippen LogP contribution in [-0.4, -0.2) is 45.0 Å². The molecule has 3 heterocycles. The first kappa shape index (κ1) is 14.1. The monoisotopic (exact) mass is 310 g/mol. The zero-order chi connectivity index (χ0) is 16.0. The Hall–Kier alpha value is -2.47. The summed E-state index contributed by atoms with van der Waals surface area (Å²) in [5.74, 6) is 0.855. The number of β-amino-alcohol motifs (C(OH)–C–C–N with tert-alkyl or cyclic N) is 1. The van der Waals surface area contributed by atoms with E-state index in [1.165, 1.54) is 0 Å². The fraction of sp³-hybridized carbons (Fsp3) is 0.353. The van der Waals surface area contributed by atoms with E-state index in [2.05, 4.69) is 19.9 Å². The molecule has 6 nitrogen and oxygen atoms in total. The number of fused-ring (bicyclic) bond motifs is 3. The van der Waals surface area contributed by atoms with Gasteiger partial charge in [-0.05, 0) is 38.0 Å². The molecule has 1 unspecified atom stereocenters. The van der Waals surface area contributed by atoms with Crippen molar-refractivity contribution in [2.45, 2.75) is 25.9 Å². The summed E-state index contributed by atoms with van der Waals surface area (Å²) in [6.07, 6.45) is 2.98. The van der Waals surface area contributed by atoms with Crippen molar-refractivity contribution >= 4 is 33.5 Å². The summed E-state index contributed by atoms with van der Waals surface area (Å²) < 4.78 is 0. The number of benzene rings is 1. The zero-order valence-corrected chi connectivity index (χ0v) is 12.9. The van der Waals surface area contributed by atoms with E-state index in [0.29, 0.717) is 12.1 Å². The summed E-state index contributed by atoms with van der Waals surface area (Å²) in [5.41, 5.74) is 2.36. The van der Waals surface area contributed by atoms with Crippen LogP contribution in [0, 0.1) is 0 Å². The Balaban J connectivity index is 1.95. The van der Waals surface area contributed by atoms with Crippen LogP contribution in [0.25, 0.3) is 21.9 Å². The fourth-order valence-corrected chi connectivity index (χ4v) is 3.31. The Labute approximate surface area is 133 Å². The Kier molecular flexibility index (Phi) is 3.27. The third-order valence-electron chi connectivity index (χ3n) is 4.47. The van der Waals surface area contributed by atoms with Crippen LogP contribution in [0.1, 0.15) is 30.1 Å². The van der Waals surface area contributed by atoms with Crippen molar-refractivity contribution in [1.29, 1.82) is 0 Å². The molecule has 0 spiro atoms. The van der Waals surface area contributed by atoms with Crippen LogP contribution in [0.5, 0.6) is 0 Å². The van der Waals surface area contributed by atoms with Crippen LogP contribution in [-0.2, 0) is 0 Å². The van der Waals surface area contributed by atoms with Crippen molar-refractivity contribution in [2.24, 2.45) is 0 Å². The SMILES string of the molecule is CC(=O)c1ccc2[nH]c3ncnc(N4CCCC(O)C4)c3c2c1. The van der Waals surface area contributed by atoms with Gasteiger partial charge in [0.05, 0.1) is 11.5 Å². The number of carbonyl (C=O) groups is 1. The lowest BCUT2D eigenvalue weighted by Crippen LogP contribution is -2.38. The number of rotatable bonds is 2. The van der Waals surface area contributed by atoms with Crippen molar-refractivity contribution in [3.05, 3.63) is 30.1 Å². The molecule has 0 aliphatic carbocycles. The minimum absolute atomic E-state index is 0.0352. The van der Waals surface area contributed by atoms with Crippen molar-refractivity contribution in [3.63, 3.8) is 0 Å². The summed E-state index contributed by atoms with van der Waals surface area (Å²) in [4.78, 5) is 25.9. The maximum atomic E-state index is 11.7. The second-order valence-electron chi connectivity index (χ2n) is 6.10. The highest BCUT2D eigenvalue weighted by atomic mass is 16.3. The third-order valence-corrected chi connectivity index (χ3v) is 4.47. The Morgan fingerprint density at radius 3 is 3.04 bits per heavy atom. The minimum atomic E-state index is -0.327. The largest absolute Gasteiger partial charge is 0.391 e. The number of hydrogen-bond donors (Lipinski definition) is 2. The van der Waals surface area contributed by atoms with E-state index < -0.39 is 0 Å². The van der Waals surface area contributed by atoms with E-state index in [0.717, 1.165) is 47.1 Å². The number of piperidine rings is 1. The number of aromatic amines is 1. The van der Waals surface area contributed by atoms with Crippen LogP contribution in [0.3, 0.4) is 0 Å². The number of hydrogen-bond acceptors (Lipinski definition) is 5. The van der Waals surface area contributed by atoms with E-state index in [1.54, 1.807) is 13.3 Å². The molecule has 0 amide bonds. The second kappa shape index (κ2) is 5.31. The van der Waals surface area contributed by atoms with E-state index in [1.807, 2.05) is 18.2 Å². The number of nitrogens with zero attached hydrogens (tertiary/aromatic N) is 3. The van der Waals surface area contributed by atoms with Gasteiger partial charge in [-0.1, -0.05) is 0 Å². The van der Waals surface area contributed by atoms with E-state index in [-0.39, 0.29) is 11.9 Å². The molecule has 2 N–H and O–H groups in total. The molecule has 1 aromatic carbocycles. The maximum Gasteiger partial charge on any atom is 0.159 e. The normalized spacial score (nSPS) is 18.7. The lowest BCUT2D eigenvalue weighted by molar-refractivity contribution is 0.101. The average Bonchev–Trinajstić information content (AvgIpc) is 2.92. The van der Waals surface area contributed by atoms with Crippen LogP contribution >= 0.6 is 0 Å². The lowest BCUT2D eigenvalue weighted by Gasteiger charge is -2.31. The smallest absolute Gasteiger partial charge is 0.159 e. The molecule has 118 valence electrons. The summed E-state index contributed by atoms with van der Waals surface area (Å²) in [5, 5.41) is 11.8. The molecule has 4 rings (SSSR count). The summed E-state index contributed by atoms with van der Waals surface area (Å²) >= 11 is 0. The van der Waals surface area contributed by atoms with Crippen molar-refractivity contribution < 1.29 is 9.90 Å². The molecule has 3 aromatic rings. The van der Waals surface area contributed by atoms with Crippen LogP contribution in [0.2, 0.25) is 0 Å². The summed E-state index contributed by atoms with van der Waals surface area (Å²) in [6.45, 7) is 3.00. The molecule has 23 heavy (non-hydrogen) atoms. The van der Waals surface area contributed by atoms with Gasteiger partial charge in [-0.25, -0.2) is 9.97 Å². The molecule has 6 heteroatoms. The number of aromatic nitrogens is 3. The maximum absolute atomic E-state index is 11.7. The lowest BCUT2D eigenvalue weighted by atomic mass is 10.1. The molecule has 1 aliphatic rings. The number of aliphatic hydroxyl groups excluding tert-OH is 1. The number of ketones is 1. The molecular weight excluding hydrogens is 292 g/mol. The standard InChI is InChI=1S/C17H18N4O2/c1-10(22)11-4-5-14-13(7-11)15-16(20-14)18-9-19-17(15)21-6-2-3-12(23)8-21/h4-5,7,9,12,23H,2-3,6,8H2,1H3,(H,18,19,20). The van der Waals surface area contributed by atoms with Gasteiger partial charge in [-0.3, -0.25) is 4.79 Å². The number of anilines is 1. The van der Waals surface area contributed by atoms with E-state index in [4.69, 9.17) is 0 Å². The minimum Gasteiger partial charge on any atom is -0.391 e. The summed E-state index contributed by atoms with van der Waals surface area (Å²) in [6, 6.07) is 5.62. The summed E-state index contributed by atoms with van der Waals surface area (Å²) in [7, 11) is 0. The molecule has 1 fully saturated rings. The van der Waals surface area contributed by atoms with Crippen molar-refractivity contribution in [2.75, 3.05) is 18.0 Å². The first-order valence-corrected chi connectivity index (χ1v) is 7.84. The number of carbonyl (C=O) groups excluding carboxylic acids is 1. The molecule has 0 saturated carbocycles. The predicted octanol–water partition coefficient (Wildman–Crippen LogP) is 2.27. The van der Waals surface area contributed by atoms with Crippen molar-refractivity contribution in [1.82, 2.24) is 15.0 Å². The van der Waals surface area contributed by atoms with Crippen LogP contribution < -0.4 is 4.90 Å². The van der Waals surface area contributed by atoms with E-state index in [9.17, 15) is 9.90 Å². The first-order chi connectivity index (χ1) is 11.1. The number of nitrogens with one attached hydrogen (secondary N) is 1. The average molecular weight is 310 g/mol. The third kappa shape index (κ3) is 2.35. The molecule has 0 radical (unpaired) electrons. The van der Waals surface area contributed by atoms with Gasteiger partial charge in [-0.15, -0.1) is 0 Å². The van der Waals surface area contributed by atoms with Gasteiger partial charge in [0.2, 0.25) is 0 Å². The van der Waals surface area contributed by atoms with Crippen LogP contribution in [0.15, 0.2) is 24.5 Å². The Morgan fingerprint density at radius 2 is 2.26 bits per heavy atom. The topological polar surface area (TPSA) is 82.1 Å². The molecular formula is C17H18N4O2. The highest BCUT2D eigenvalue weighted by Crippen LogP contribution is 2.32. The quantitative estimate of drug-likeness (QED) is 0.710. The number of Topliss-reactive ketones (excluding diaryl/α,β-unsaturated/α-hetero) is 1. The molecule has 0 bridgehead atoms. The fourth-order valence-electron chi connectivity index (χ4n) is 3.31. The highest BCUT2D eigenvalue weighted by molar-refractivity contribution is 6.13. The molecule has 2 aromatic heterocycles. The Bertz CT molecular complexity index is 902. The van der Waals surface area contributed by atoms with Gasteiger partial charge < -0.3 is 15.0 Å². The highest BCUT2D eigenvalue weighted by Gasteiger charge is 2.22. The van der Waals surface area contributed by atoms with E-state index >= 15 is 0 Å². The van der Waals surface area contributed by atoms with Gasteiger partial charge in [0, 0.05) is 29.6 Å². The zero-order valence-electron chi connectivity index (χ0n) is 12.9. The van der Waals surface area contributed by atoms with Gasteiger partial charge in [0.1, 0.15) is 17.8 Å². The van der Waals surface area contributed by atoms with Gasteiger partial charge in [0.25, 0.3) is 0 Å². The first-order valence-electron chi connectivity index (χ1n) is 7.84. The van der Waals surface area contributed by atoms with Crippen molar-refractivity contribution in [3.8, 4) is 0 Å². The van der Waals surface area contributed by atoms with Gasteiger partial charge >= 0.3 is 0 Å². The number of aliphatic hydroxyl groups is 1. The Morgan fingerprint density at radius 1 is 1.39 bits per heavy atom. The molecule has 1 atom stereocenters. The number of H-pyrrole nitrogens is 1. The van der Waals surface area contributed by atoms with Gasteiger partial charge in [0.15, 0.2) is 5.78 Å². The predicted molar refractivity (Wildman–Crippen MR) is 88.9 cm³/mol. The van der Waals surface area contributed by atoms with Crippen LogP contribution in [0.4, 0.5) is 5.82 Å². The molecule has 1 aliphatic heterocycles. The second-order valence-corrected chi connectivity index (χ2v) is 6.10. The molecule has 1 saturated heterocycles.